The van der Waals surface area contributed by atoms with E-state index in [9.17, 15) is 9.59 Å². The highest BCUT2D eigenvalue weighted by Crippen LogP contribution is 2.03. The third kappa shape index (κ3) is 2.66. The smallest absolute Gasteiger partial charge is 0.307 e. The second-order valence-electron chi connectivity index (χ2n) is 2.68. The molecule has 0 fully saturated rings. The molecule has 13 heavy (non-hydrogen) atoms. The number of hydrogen-bond donors (Lipinski definition) is 1. The van der Waals surface area contributed by atoms with Gasteiger partial charge in [0.1, 0.15) is 5.69 Å². The van der Waals surface area contributed by atoms with Gasteiger partial charge in [0.2, 0.25) is 0 Å². The van der Waals surface area contributed by atoms with Gasteiger partial charge in [-0.15, -0.1) is 0 Å². The molecule has 1 heterocycles. The summed E-state index contributed by atoms with van der Waals surface area (Å²) in [5.74, 6) is -1.08. The minimum Gasteiger partial charge on any atom is -0.481 e. The summed E-state index contributed by atoms with van der Waals surface area (Å²) in [6.07, 6.45) is 1.36. The molecule has 1 aromatic rings. The van der Waals surface area contributed by atoms with Crippen LogP contribution in [-0.2, 0) is 11.2 Å². The Balaban J connectivity index is 2.91. The van der Waals surface area contributed by atoms with Crippen molar-refractivity contribution in [2.75, 3.05) is 0 Å². The molecule has 0 radical (unpaired) electrons. The molecule has 4 nitrogen and oxygen atoms in total. The monoisotopic (exact) mass is 179 g/mol. The van der Waals surface area contributed by atoms with Crippen molar-refractivity contribution in [3.05, 3.63) is 29.6 Å². The average molecular weight is 179 g/mol. The zero-order chi connectivity index (χ0) is 9.84. The molecule has 0 spiro atoms. The predicted octanol–water partition coefficient (Wildman–Crippen LogP) is 0.911. The van der Waals surface area contributed by atoms with Gasteiger partial charge >= 0.3 is 5.97 Å². The molecule has 0 saturated heterocycles. The lowest BCUT2D eigenvalue weighted by molar-refractivity contribution is -0.136. The number of Topliss-reactive ketones (excluding diaryl/α,β-unsaturated/α-hetero) is 1. The third-order valence-electron chi connectivity index (χ3n) is 1.54. The molecule has 0 atom stereocenters. The van der Waals surface area contributed by atoms with E-state index in [0.717, 1.165) is 0 Å². The van der Waals surface area contributed by atoms with Crippen LogP contribution in [0.2, 0.25) is 0 Å². The molecule has 1 N–H and O–H groups in total. The van der Waals surface area contributed by atoms with Gasteiger partial charge in [0.15, 0.2) is 5.78 Å². The van der Waals surface area contributed by atoms with Crippen molar-refractivity contribution in [2.45, 2.75) is 13.3 Å². The first-order valence-electron chi connectivity index (χ1n) is 3.77. The van der Waals surface area contributed by atoms with Gasteiger partial charge in [-0.2, -0.15) is 0 Å². The van der Waals surface area contributed by atoms with Crippen molar-refractivity contribution in [2.24, 2.45) is 0 Å². The summed E-state index contributed by atoms with van der Waals surface area (Å²) < 4.78 is 0. The highest BCUT2D eigenvalue weighted by Gasteiger charge is 2.04. The molecule has 0 saturated carbocycles. The first-order chi connectivity index (χ1) is 6.09. The number of aliphatic carboxylic acids is 1. The Kier molecular flexibility index (Phi) is 2.74. The lowest BCUT2D eigenvalue weighted by atomic mass is 10.1. The molecule has 1 aromatic heterocycles. The standard InChI is InChI=1S/C9H9NO3/c1-6(11)8-4-7(2-3-10-8)5-9(12)13/h2-4H,5H2,1H3,(H,12,13). The van der Waals surface area contributed by atoms with Crippen molar-refractivity contribution in [3.8, 4) is 0 Å². The maximum Gasteiger partial charge on any atom is 0.307 e. The number of pyridine rings is 1. The molecule has 0 aliphatic carbocycles. The van der Waals surface area contributed by atoms with E-state index in [2.05, 4.69) is 4.98 Å². The SMILES string of the molecule is CC(=O)c1cc(CC(=O)O)ccn1. The van der Waals surface area contributed by atoms with Crippen molar-refractivity contribution in [3.63, 3.8) is 0 Å². The summed E-state index contributed by atoms with van der Waals surface area (Å²) in [6.45, 7) is 1.40. The van der Waals surface area contributed by atoms with Crippen LogP contribution >= 0.6 is 0 Å². The molecular weight excluding hydrogens is 170 g/mol. The zero-order valence-electron chi connectivity index (χ0n) is 7.15. The third-order valence-corrected chi connectivity index (χ3v) is 1.54. The van der Waals surface area contributed by atoms with Crippen molar-refractivity contribution < 1.29 is 14.7 Å². The van der Waals surface area contributed by atoms with Crippen LogP contribution in [0.25, 0.3) is 0 Å². The largest absolute Gasteiger partial charge is 0.481 e. The Morgan fingerprint density at radius 3 is 2.77 bits per heavy atom. The molecule has 0 amide bonds. The van der Waals surface area contributed by atoms with Gasteiger partial charge in [0.25, 0.3) is 0 Å². The fourth-order valence-corrected chi connectivity index (χ4v) is 0.951. The zero-order valence-corrected chi connectivity index (χ0v) is 7.15. The average Bonchev–Trinajstić information content (AvgIpc) is 2.03. The maximum absolute atomic E-state index is 10.9. The number of ketones is 1. The summed E-state index contributed by atoms with van der Waals surface area (Å²) >= 11 is 0. The molecule has 0 aromatic carbocycles. The van der Waals surface area contributed by atoms with Crippen LogP contribution in [0.4, 0.5) is 0 Å². The Bertz CT molecular complexity index is 346. The number of carbonyl (C=O) groups is 2. The van der Waals surface area contributed by atoms with Gasteiger partial charge in [-0.1, -0.05) is 0 Å². The van der Waals surface area contributed by atoms with E-state index < -0.39 is 5.97 Å². The van der Waals surface area contributed by atoms with Gasteiger partial charge in [-0.25, -0.2) is 0 Å². The number of rotatable bonds is 3. The lowest BCUT2D eigenvalue weighted by Crippen LogP contribution is -2.03. The van der Waals surface area contributed by atoms with Crippen LogP contribution in [0.5, 0.6) is 0 Å². The van der Waals surface area contributed by atoms with Gasteiger partial charge in [-0.3, -0.25) is 14.6 Å². The van der Waals surface area contributed by atoms with E-state index in [4.69, 9.17) is 5.11 Å². The van der Waals surface area contributed by atoms with Crippen LogP contribution < -0.4 is 0 Å². The van der Waals surface area contributed by atoms with E-state index in [1.165, 1.54) is 19.2 Å². The van der Waals surface area contributed by atoms with E-state index in [-0.39, 0.29) is 12.2 Å². The number of aromatic nitrogens is 1. The fourth-order valence-electron chi connectivity index (χ4n) is 0.951. The van der Waals surface area contributed by atoms with Gasteiger partial charge in [0, 0.05) is 13.1 Å². The highest BCUT2D eigenvalue weighted by atomic mass is 16.4. The quantitative estimate of drug-likeness (QED) is 0.700. The summed E-state index contributed by atoms with van der Waals surface area (Å²) in [7, 11) is 0. The molecule has 1 rings (SSSR count). The molecule has 4 heteroatoms. The topological polar surface area (TPSA) is 67.3 Å². The Morgan fingerprint density at radius 2 is 2.23 bits per heavy atom. The highest BCUT2D eigenvalue weighted by molar-refractivity contribution is 5.92. The van der Waals surface area contributed by atoms with Crippen molar-refractivity contribution in [1.29, 1.82) is 0 Å². The van der Waals surface area contributed by atoms with Gasteiger partial charge in [0.05, 0.1) is 6.42 Å². The Hall–Kier alpha value is -1.71. The number of carboxylic acid groups (broad SMARTS) is 1. The van der Waals surface area contributed by atoms with E-state index in [1.807, 2.05) is 0 Å². The number of carboxylic acids is 1. The van der Waals surface area contributed by atoms with Gasteiger partial charge < -0.3 is 5.11 Å². The second-order valence-corrected chi connectivity index (χ2v) is 2.68. The maximum atomic E-state index is 10.9. The summed E-state index contributed by atoms with van der Waals surface area (Å²) in [5, 5.41) is 8.49. The molecular formula is C9H9NO3. The molecule has 0 unspecified atom stereocenters. The van der Waals surface area contributed by atoms with E-state index in [1.54, 1.807) is 6.07 Å². The normalized spacial score (nSPS) is 9.62. The first kappa shape index (κ1) is 9.38. The molecule has 68 valence electrons. The van der Waals surface area contributed by atoms with Crippen molar-refractivity contribution >= 4 is 11.8 Å². The second kappa shape index (κ2) is 3.80. The van der Waals surface area contributed by atoms with Gasteiger partial charge in [-0.05, 0) is 17.7 Å². The van der Waals surface area contributed by atoms with Crippen LogP contribution in [0.3, 0.4) is 0 Å². The summed E-state index contributed by atoms with van der Waals surface area (Å²) in [6, 6.07) is 3.08. The summed E-state index contributed by atoms with van der Waals surface area (Å²) in [5.41, 5.74) is 0.895. The molecule has 0 aliphatic heterocycles. The van der Waals surface area contributed by atoms with E-state index in [0.29, 0.717) is 11.3 Å². The first-order valence-corrected chi connectivity index (χ1v) is 3.77. The lowest BCUT2D eigenvalue weighted by Gasteiger charge is -1.98. The molecule has 0 aliphatic rings. The summed E-state index contributed by atoms with van der Waals surface area (Å²) in [4.78, 5) is 25.0. The number of hydrogen-bond acceptors (Lipinski definition) is 3. The minimum absolute atomic E-state index is 0.0806. The minimum atomic E-state index is -0.916. The van der Waals surface area contributed by atoms with Crippen LogP contribution in [0.15, 0.2) is 18.3 Å². The fraction of sp³-hybridized carbons (Fsp3) is 0.222. The van der Waals surface area contributed by atoms with Crippen molar-refractivity contribution in [1.82, 2.24) is 4.98 Å². The van der Waals surface area contributed by atoms with Crippen LogP contribution in [-0.4, -0.2) is 21.8 Å². The molecule has 0 bridgehead atoms. The predicted molar refractivity (Wildman–Crippen MR) is 45.6 cm³/mol. The Labute approximate surface area is 75.2 Å². The number of carbonyl (C=O) groups excluding carboxylic acids is 1. The van der Waals surface area contributed by atoms with E-state index >= 15 is 0 Å². The number of nitrogens with zero attached hydrogens (tertiary/aromatic N) is 1. The Morgan fingerprint density at radius 1 is 1.54 bits per heavy atom. The van der Waals surface area contributed by atoms with Crippen LogP contribution in [0, 0.1) is 0 Å². The van der Waals surface area contributed by atoms with Crippen LogP contribution in [0.1, 0.15) is 23.0 Å².